The smallest absolute Gasteiger partial charge is 0.126 e. The molecule has 0 heterocycles. The van der Waals surface area contributed by atoms with Gasteiger partial charge in [-0.3, -0.25) is 0 Å². The zero-order valence-corrected chi connectivity index (χ0v) is 45.2. The molecule has 0 aromatic heterocycles. The second kappa shape index (κ2) is 18.2. The Kier molecular flexibility index (Phi) is 11.1. The summed E-state index contributed by atoms with van der Waals surface area (Å²) in [5.41, 5.74) is 16.4. The van der Waals surface area contributed by atoms with Crippen LogP contribution in [-0.4, -0.2) is 0 Å². The quantitative estimate of drug-likeness (QED) is 0.140. The average molecular weight is 1050 g/mol. The van der Waals surface area contributed by atoms with E-state index in [2.05, 4.69) is 233 Å². The van der Waals surface area contributed by atoms with Crippen LogP contribution in [0.5, 0.6) is 0 Å². The molecule has 0 fully saturated rings. The van der Waals surface area contributed by atoms with Crippen molar-refractivity contribution in [3.8, 4) is 44.5 Å². The summed E-state index contributed by atoms with van der Waals surface area (Å²) in [5, 5.41) is 5.87. The molecular formula is C74H54F4N2. The molecule has 14 rings (SSSR count). The molecule has 0 atom stereocenters. The average Bonchev–Trinajstić information content (AvgIpc) is 2.61. The summed E-state index contributed by atoms with van der Waals surface area (Å²) >= 11 is 0. The Hall–Kier alpha value is -9.26. The van der Waals surface area contributed by atoms with Crippen LogP contribution in [0.2, 0.25) is 0 Å². The van der Waals surface area contributed by atoms with Crippen molar-refractivity contribution >= 4 is 66.4 Å². The maximum Gasteiger partial charge on any atom is 0.126 e. The van der Waals surface area contributed by atoms with Gasteiger partial charge in [0.15, 0.2) is 0 Å². The molecule has 12 aromatic carbocycles. The van der Waals surface area contributed by atoms with Crippen molar-refractivity contribution in [1.29, 1.82) is 0 Å². The lowest BCUT2D eigenvalue weighted by Crippen LogP contribution is -2.17. The summed E-state index contributed by atoms with van der Waals surface area (Å²) in [6, 6.07) is 71.5. The van der Waals surface area contributed by atoms with Gasteiger partial charge in [-0.15, -0.1) is 0 Å². The van der Waals surface area contributed by atoms with Gasteiger partial charge in [0.25, 0.3) is 0 Å². The van der Waals surface area contributed by atoms with Crippen LogP contribution in [0.4, 0.5) is 51.7 Å². The molecule has 0 amide bonds. The van der Waals surface area contributed by atoms with Gasteiger partial charge < -0.3 is 9.80 Å². The van der Waals surface area contributed by atoms with Gasteiger partial charge >= 0.3 is 0 Å². The summed E-state index contributed by atoms with van der Waals surface area (Å²) in [7, 11) is 0. The summed E-state index contributed by atoms with van der Waals surface area (Å²) in [6.45, 7) is 13.0. The molecule has 0 unspecified atom stereocenters. The maximum atomic E-state index is 16.0. The molecule has 2 aliphatic rings. The zero-order valence-electron chi connectivity index (χ0n) is 45.2. The van der Waals surface area contributed by atoms with Gasteiger partial charge in [-0.1, -0.05) is 137 Å². The molecule has 2 aliphatic carbocycles. The van der Waals surface area contributed by atoms with Crippen LogP contribution in [0, 0.1) is 37.1 Å². The first-order chi connectivity index (χ1) is 38.6. The highest BCUT2D eigenvalue weighted by molar-refractivity contribution is 6.17. The minimum absolute atomic E-state index is 0.366. The van der Waals surface area contributed by atoms with E-state index in [0.717, 1.165) is 134 Å². The Labute approximate surface area is 463 Å². The molecule has 0 bridgehead atoms. The fourth-order valence-electron chi connectivity index (χ4n) is 13.4. The Morgan fingerprint density at radius 3 is 1.06 bits per heavy atom. The molecule has 0 N–H and O–H groups in total. The topological polar surface area (TPSA) is 6.48 Å². The summed E-state index contributed by atoms with van der Waals surface area (Å²) in [4.78, 5) is 4.62. The minimum atomic E-state index is -0.708. The Morgan fingerprint density at radius 1 is 0.300 bits per heavy atom. The number of aryl methyl sites for hydroxylation is 2. The molecule has 12 aromatic rings. The molecule has 2 nitrogen and oxygen atoms in total. The number of fused-ring (bicyclic) bond motifs is 9. The Bertz CT molecular complexity index is 4250. The Morgan fingerprint density at radius 2 is 0.662 bits per heavy atom. The van der Waals surface area contributed by atoms with Gasteiger partial charge in [0.1, 0.15) is 23.3 Å². The first kappa shape index (κ1) is 49.1. The van der Waals surface area contributed by atoms with Crippen LogP contribution in [0.25, 0.3) is 76.8 Å². The largest absolute Gasteiger partial charge is 0.310 e. The fraction of sp³-hybridized carbons (Fsp3) is 0.108. The summed E-state index contributed by atoms with van der Waals surface area (Å²) in [6.07, 6.45) is 0. The number of benzene rings is 12. The third-order valence-electron chi connectivity index (χ3n) is 17.0. The van der Waals surface area contributed by atoms with Crippen molar-refractivity contribution < 1.29 is 17.6 Å². The van der Waals surface area contributed by atoms with E-state index in [9.17, 15) is 0 Å². The van der Waals surface area contributed by atoms with Gasteiger partial charge in [0.2, 0.25) is 0 Å². The highest BCUT2D eigenvalue weighted by Gasteiger charge is 2.43. The van der Waals surface area contributed by atoms with Gasteiger partial charge in [-0.25, -0.2) is 17.6 Å². The molecule has 0 spiro atoms. The number of hydrogen-bond donors (Lipinski definition) is 0. The molecule has 80 heavy (non-hydrogen) atoms. The number of anilines is 6. The number of halogens is 4. The van der Waals surface area contributed by atoms with Gasteiger partial charge in [-0.05, 0) is 210 Å². The number of hydrogen-bond acceptors (Lipinski definition) is 2. The van der Waals surface area contributed by atoms with Crippen molar-refractivity contribution in [2.45, 2.75) is 52.4 Å². The first-order valence-electron chi connectivity index (χ1n) is 27.2. The minimum Gasteiger partial charge on any atom is -0.310 e. The predicted molar refractivity (Wildman–Crippen MR) is 324 cm³/mol. The zero-order chi connectivity index (χ0) is 54.9. The van der Waals surface area contributed by atoms with E-state index in [4.69, 9.17) is 0 Å². The van der Waals surface area contributed by atoms with Crippen molar-refractivity contribution in [3.63, 3.8) is 0 Å². The maximum absolute atomic E-state index is 16.0. The lowest BCUT2D eigenvalue weighted by Gasteiger charge is -2.29. The normalized spacial score (nSPS) is 13.6. The molecular weight excluding hydrogens is 993 g/mol. The summed E-state index contributed by atoms with van der Waals surface area (Å²) in [5.74, 6) is -2.83. The number of nitrogens with zero attached hydrogens (tertiary/aromatic N) is 2. The molecule has 388 valence electrons. The van der Waals surface area contributed by atoms with E-state index in [0.29, 0.717) is 22.3 Å². The molecule has 0 radical (unpaired) electrons. The second-order valence-corrected chi connectivity index (χ2v) is 22.8. The van der Waals surface area contributed by atoms with Crippen LogP contribution in [0.3, 0.4) is 0 Å². The van der Waals surface area contributed by atoms with Crippen molar-refractivity contribution in [2.75, 3.05) is 9.80 Å². The van der Waals surface area contributed by atoms with Crippen LogP contribution >= 0.6 is 0 Å². The molecule has 6 heteroatoms. The van der Waals surface area contributed by atoms with Crippen molar-refractivity contribution in [1.82, 2.24) is 0 Å². The third kappa shape index (κ3) is 7.67. The van der Waals surface area contributed by atoms with E-state index >= 15 is 17.6 Å². The number of rotatable bonds is 8. The monoisotopic (exact) mass is 1050 g/mol. The van der Waals surface area contributed by atoms with Crippen LogP contribution < -0.4 is 9.80 Å². The lowest BCUT2D eigenvalue weighted by atomic mass is 9.76. The Balaban J connectivity index is 1.04. The first-order valence-corrected chi connectivity index (χ1v) is 27.2. The van der Waals surface area contributed by atoms with Crippen LogP contribution in [-0.2, 0) is 10.8 Å². The van der Waals surface area contributed by atoms with E-state index in [1.54, 1.807) is 0 Å². The van der Waals surface area contributed by atoms with Crippen LogP contribution in [0.1, 0.15) is 61.1 Å². The van der Waals surface area contributed by atoms with Crippen LogP contribution in [0.15, 0.2) is 218 Å². The lowest BCUT2D eigenvalue weighted by molar-refractivity contribution is 0.583. The van der Waals surface area contributed by atoms with Gasteiger partial charge in [0, 0.05) is 56.5 Å². The van der Waals surface area contributed by atoms with E-state index in [-0.39, 0.29) is 0 Å². The van der Waals surface area contributed by atoms with Gasteiger partial charge in [0.05, 0.1) is 11.4 Å². The fourth-order valence-corrected chi connectivity index (χ4v) is 13.4. The summed E-state index contributed by atoms with van der Waals surface area (Å²) < 4.78 is 64.0. The van der Waals surface area contributed by atoms with E-state index in [1.807, 2.05) is 0 Å². The third-order valence-corrected chi connectivity index (χ3v) is 17.0. The van der Waals surface area contributed by atoms with Gasteiger partial charge in [-0.2, -0.15) is 0 Å². The van der Waals surface area contributed by atoms with Crippen molar-refractivity contribution in [2.24, 2.45) is 0 Å². The molecule has 0 saturated carbocycles. The highest BCUT2D eigenvalue weighted by Crippen LogP contribution is 2.61. The standard InChI is InChI=1S/C74H54F4N2/c1-43-15-11-21-53(31-43)79(67-25-13-19-45-17-7-9-23-57(45)67)55-27-29-59-63(39-55)73(3,4)65-41-61-62(69(71(59)65)47-33-49(75)37-50(76)34-47)42-66-72(70(61)48-35-51(77)38-52(78)36-48)60-30-28-56(40-64(60)74(66,5)6)80(54-22-12-16-44(2)32-54)68-26-14-20-46-18-8-10-24-58(46)68/h7-42H,1-6H3. The molecule has 0 saturated heterocycles. The predicted octanol–water partition coefficient (Wildman–Crippen LogP) is 21.2. The SMILES string of the molecule is Cc1cccc(N(c2ccc3c(c2)C(C)(C)c2cc4c(-c5cc(F)cc(F)c5)c5c(cc4c(-c4cc(F)cc(F)c4)c2-3)C(C)(C)c2cc(N(c3cccc(C)c3)c3cccc4ccccc34)ccc2-5)c2cccc3ccccc23)c1. The van der Waals surface area contributed by atoms with Crippen molar-refractivity contribution in [3.05, 3.63) is 275 Å². The van der Waals surface area contributed by atoms with E-state index in [1.165, 1.54) is 24.3 Å². The van der Waals surface area contributed by atoms with E-state index < -0.39 is 34.1 Å². The highest BCUT2D eigenvalue weighted by atomic mass is 19.1. The second-order valence-electron chi connectivity index (χ2n) is 22.8. The molecule has 0 aliphatic heterocycles.